The molecular formula is C37H49NO10. The van der Waals surface area contributed by atoms with Crippen LogP contribution in [0, 0.1) is 16.7 Å². The molecule has 0 amide bonds. The molecule has 4 rings (SSSR count). The van der Waals surface area contributed by atoms with Gasteiger partial charge in [0.15, 0.2) is 11.9 Å². The van der Waals surface area contributed by atoms with Crippen molar-refractivity contribution in [2.45, 2.75) is 110 Å². The lowest BCUT2D eigenvalue weighted by molar-refractivity contribution is -0.235. The maximum atomic E-state index is 13.7. The van der Waals surface area contributed by atoms with Crippen LogP contribution in [0.1, 0.15) is 85.8 Å². The lowest BCUT2D eigenvalue weighted by Gasteiger charge is -2.62. The van der Waals surface area contributed by atoms with Gasteiger partial charge in [0.05, 0.1) is 6.42 Å². The van der Waals surface area contributed by atoms with Gasteiger partial charge in [0.2, 0.25) is 0 Å². The summed E-state index contributed by atoms with van der Waals surface area (Å²) in [7, 11) is 3.75. The van der Waals surface area contributed by atoms with Gasteiger partial charge in [-0.05, 0) is 56.1 Å². The fourth-order valence-electron chi connectivity index (χ4n) is 8.31. The molecule has 0 aromatic heterocycles. The summed E-state index contributed by atoms with van der Waals surface area (Å²) >= 11 is 0. The summed E-state index contributed by atoms with van der Waals surface area (Å²) in [6.07, 6.45) is -4.57. The Bertz CT molecular complexity index is 1510. The predicted molar refractivity (Wildman–Crippen MR) is 175 cm³/mol. The molecule has 1 N–H and O–H groups in total. The fraction of sp³-hybridized carbons (Fsp3) is 0.595. The number of nitrogens with zero attached hydrogens (tertiary/aromatic N) is 1. The van der Waals surface area contributed by atoms with Crippen LogP contribution in [-0.4, -0.2) is 83.8 Å². The van der Waals surface area contributed by atoms with E-state index in [4.69, 9.17) is 18.9 Å². The van der Waals surface area contributed by atoms with Gasteiger partial charge in [-0.25, -0.2) is 0 Å². The molecule has 2 saturated carbocycles. The van der Waals surface area contributed by atoms with Crippen molar-refractivity contribution in [1.29, 1.82) is 0 Å². The minimum absolute atomic E-state index is 0.0413. The number of aliphatic hydroxyl groups is 1. The van der Waals surface area contributed by atoms with Gasteiger partial charge in [-0.3, -0.25) is 24.0 Å². The van der Waals surface area contributed by atoms with E-state index in [9.17, 15) is 29.1 Å². The number of rotatable bonds is 8. The van der Waals surface area contributed by atoms with Crippen molar-refractivity contribution in [3.63, 3.8) is 0 Å². The highest BCUT2D eigenvalue weighted by Gasteiger charge is 2.69. The second-order valence-electron chi connectivity index (χ2n) is 14.4. The number of carbonyl (C=O) groups is 5. The molecule has 11 nitrogen and oxygen atoms in total. The molecule has 3 aliphatic rings. The van der Waals surface area contributed by atoms with Gasteiger partial charge in [-0.1, -0.05) is 57.7 Å². The van der Waals surface area contributed by atoms with E-state index in [0.717, 1.165) is 5.56 Å². The van der Waals surface area contributed by atoms with Crippen LogP contribution >= 0.6 is 0 Å². The van der Waals surface area contributed by atoms with E-state index >= 15 is 0 Å². The largest absolute Gasteiger partial charge is 0.459 e. The molecule has 2 bridgehead atoms. The van der Waals surface area contributed by atoms with Gasteiger partial charge in [0.25, 0.3) is 0 Å². The molecule has 0 heterocycles. The molecule has 11 heteroatoms. The SMILES string of the molecule is C=C1[C@H](OC(=O)C[C@@H](c2ccccc2)N(C)C)CC[C@@]2(C)[C@@H](OC(C)=O)[C@H](OC(C)=O)C3=C(C)C(=O)C[C@@](O)([C@@H](OC(C)=O)[C@H]12)C3(C)C. The lowest BCUT2D eigenvalue weighted by Crippen LogP contribution is -2.70. The quantitative estimate of drug-likeness (QED) is 0.239. The van der Waals surface area contributed by atoms with Crippen LogP contribution in [0.4, 0.5) is 0 Å². The Labute approximate surface area is 282 Å². The Hall–Kier alpha value is -3.83. The first-order valence-corrected chi connectivity index (χ1v) is 16.3. The number of hydrogen-bond donors (Lipinski definition) is 1. The summed E-state index contributed by atoms with van der Waals surface area (Å²) in [4.78, 5) is 67.4. The van der Waals surface area contributed by atoms with Crippen LogP contribution in [0.2, 0.25) is 0 Å². The fourth-order valence-corrected chi connectivity index (χ4v) is 8.31. The second-order valence-corrected chi connectivity index (χ2v) is 14.4. The van der Waals surface area contributed by atoms with Gasteiger partial charge in [-0.15, -0.1) is 0 Å². The Kier molecular flexibility index (Phi) is 10.5. The van der Waals surface area contributed by atoms with Crippen LogP contribution in [0.25, 0.3) is 0 Å². The zero-order valence-electron chi connectivity index (χ0n) is 29.5. The first-order chi connectivity index (χ1) is 22.3. The minimum atomic E-state index is -2.02. The third kappa shape index (κ3) is 6.59. The second kappa shape index (κ2) is 13.6. The summed E-state index contributed by atoms with van der Waals surface area (Å²) < 4.78 is 24.0. The van der Waals surface area contributed by atoms with Gasteiger partial charge >= 0.3 is 23.9 Å². The maximum absolute atomic E-state index is 13.7. The van der Waals surface area contributed by atoms with E-state index in [1.54, 1.807) is 27.7 Å². The Morgan fingerprint density at radius 1 is 0.938 bits per heavy atom. The standard InChI is InChI=1S/C37H49NO10/c1-20-27(42)19-37(44)33(46-23(4)40)31-21(2)28(48-29(43)18-26(38(9)10)25-14-12-11-13-15-25)16-17-36(31,8)34(47-24(5)41)32(45-22(3)39)30(20)35(37,6)7/h11-15,26,28,31-34,44H,2,16-19H2,1,3-10H3/t26-,28+,31-,32+,33-,34-,36+,37+/m0/s1. The Morgan fingerprint density at radius 2 is 1.50 bits per heavy atom. The number of hydrogen-bond acceptors (Lipinski definition) is 11. The highest BCUT2D eigenvalue weighted by atomic mass is 16.6. The highest BCUT2D eigenvalue weighted by Crippen LogP contribution is 2.62. The van der Waals surface area contributed by atoms with Gasteiger partial charge in [-0.2, -0.15) is 0 Å². The first-order valence-electron chi connectivity index (χ1n) is 16.3. The molecule has 48 heavy (non-hydrogen) atoms. The van der Waals surface area contributed by atoms with Crippen LogP contribution in [0.5, 0.6) is 0 Å². The number of ketones is 1. The molecular weight excluding hydrogens is 618 g/mol. The average molecular weight is 668 g/mol. The minimum Gasteiger partial charge on any atom is -0.459 e. The molecule has 0 aliphatic heterocycles. The van der Waals surface area contributed by atoms with E-state index in [2.05, 4.69) is 6.58 Å². The van der Waals surface area contributed by atoms with Gasteiger partial charge < -0.3 is 29.0 Å². The molecule has 8 atom stereocenters. The molecule has 0 unspecified atom stereocenters. The number of fused-ring (bicyclic) bond motifs is 3. The number of ether oxygens (including phenoxy) is 4. The summed E-state index contributed by atoms with van der Waals surface area (Å²) in [6.45, 7) is 14.8. The molecule has 0 saturated heterocycles. The highest BCUT2D eigenvalue weighted by molar-refractivity contribution is 5.98. The van der Waals surface area contributed by atoms with Gasteiger partial charge in [0.1, 0.15) is 23.9 Å². The van der Waals surface area contributed by atoms with Crippen molar-refractivity contribution in [3.8, 4) is 0 Å². The van der Waals surface area contributed by atoms with Crippen molar-refractivity contribution in [3.05, 3.63) is 59.2 Å². The normalized spacial score (nSPS) is 31.9. The monoisotopic (exact) mass is 667 g/mol. The summed E-state index contributed by atoms with van der Waals surface area (Å²) in [5.74, 6) is -3.98. The zero-order valence-corrected chi connectivity index (χ0v) is 29.5. The molecule has 0 spiro atoms. The van der Waals surface area contributed by atoms with E-state index in [-0.39, 0.29) is 36.5 Å². The Balaban J connectivity index is 1.87. The molecule has 262 valence electrons. The predicted octanol–water partition coefficient (Wildman–Crippen LogP) is 4.42. The number of benzene rings is 1. The smallest absolute Gasteiger partial charge is 0.308 e. The molecule has 3 aliphatic carbocycles. The topological polar surface area (TPSA) is 146 Å². The van der Waals surface area contributed by atoms with Crippen LogP contribution in [-0.2, 0) is 42.9 Å². The zero-order chi connectivity index (χ0) is 35.9. The van der Waals surface area contributed by atoms with Crippen molar-refractivity contribution >= 4 is 29.7 Å². The maximum Gasteiger partial charge on any atom is 0.308 e. The van der Waals surface area contributed by atoms with E-state index in [1.165, 1.54) is 20.8 Å². The van der Waals surface area contributed by atoms with Crippen LogP contribution < -0.4 is 0 Å². The number of esters is 4. The van der Waals surface area contributed by atoms with Crippen molar-refractivity contribution in [2.24, 2.45) is 16.7 Å². The first kappa shape index (κ1) is 37.0. The number of Topliss-reactive ketones (excluding diaryl/α,β-unsaturated/α-hetero) is 1. The summed E-state index contributed by atoms with van der Waals surface area (Å²) in [6, 6.07) is 9.31. The van der Waals surface area contributed by atoms with Crippen LogP contribution in [0.15, 0.2) is 53.6 Å². The van der Waals surface area contributed by atoms with E-state index < -0.39 is 82.8 Å². The van der Waals surface area contributed by atoms with Gasteiger partial charge in [0, 0.05) is 50.0 Å². The van der Waals surface area contributed by atoms with Crippen LogP contribution in [0.3, 0.4) is 0 Å². The van der Waals surface area contributed by atoms with E-state index in [0.29, 0.717) is 5.57 Å². The van der Waals surface area contributed by atoms with E-state index in [1.807, 2.05) is 49.3 Å². The lowest BCUT2D eigenvalue weighted by atomic mass is 9.47. The summed E-state index contributed by atoms with van der Waals surface area (Å²) in [5, 5.41) is 12.8. The molecule has 1 aromatic carbocycles. The summed E-state index contributed by atoms with van der Waals surface area (Å²) in [5.41, 5.74) is -2.72. The average Bonchev–Trinajstić information content (AvgIpc) is 2.97. The van der Waals surface area contributed by atoms with Crippen molar-refractivity contribution < 1.29 is 48.0 Å². The third-order valence-electron chi connectivity index (χ3n) is 10.8. The van der Waals surface area contributed by atoms with Crippen molar-refractivity contribution in [2.75, 3.05) is 14.1 Å². The Morgan fingerprint density at radius 3 is 2.04 bits per heavy atom. The molecule has 0 radical (unpaired) electrons. The van der Waals surface area contributed by atoms with Crippen molar-refractivity contribution in [1.82, 2.24) is 4.90 Å². The molecule has 1 aromatic rings. The molecule has 2 fully saturated rings. The number of carbonyl (C=O) groups excluding carboxylic acids is 5. The third-order valence-corrected chi connectivity index (χ3v) is 10.8. The number of allylic oxidation sites excluding steroid dienone is 1.